The summed E-state index contributed by atoms with van der Waals surface area (Å²) in [6, 6.07) is 19.5. The zero-order chi connectivity index (χ0) is 18.4. The lowest BCUT2D eigenvalue weighted by molar-refractivity contribution is -0.384. The van der Waals surface area contributed by atoms with Crippen LogP contribution in [0.15, 0.2) is 71.1 Å². The predicted octanol–water partition coefficient (Wildman–Crippen LogP) is 4.10. The molecule has 3 aromatic rings. The second-order valence-corrected chi connectivity index (χ2v) is 5.84. The van der Waals surface area contributed by atoms with E-state index < -0.39 is 4.92 Å². The molecule has 0 aliphatic carbocycles. The third kappa shape index (κ3) is 4.57. The Bertz CT molecular complexity index is 903. The summed E-state index contributed by atoms with van der Waals surface area (Å²) in [5.41, 5.74) is 1.70. The third-order valence-electron chi connectivity index (χ3n) is 3.93. The van der Waals surface area contributed by atoms with Gasteiger partial charge in [0.15, 0.2) is 0 Å². The number of hydrogen-bond acceptors (Lipinski definition) is 4. The summed E-state index contributed by atoms with van der Waals surface area (Å²) in [6.45, 7) is 0.497. The number of benzene rings is 2. The molecule has 1 N–H and O–H groups in total. The molecule has 1 aromatic heterocycles. The van der Waals surface area contributed by atoms with Crippen LogP contribution in [0, 0.1) is 10.1 Å². The van der Waals surface area contributed by atoms with E-state index in [0.717, 1.165) is 5.56 Å². The maximum Gasteiger partial charge on any atom is 0.270 e. The van der Waals surface area contributed by atoms with Gasteiger partial charge >= 0.3 is 0 Å². The highest BCUT2D eigenvalue weighted by atomic mass is 16.6. The minimum absolute atomic E-state index is 0.0146. The fraction of sp³-hybridized carbons (Fsp3) is 0.150. The second kappa shape index (κ2) is 8.11. The van der Waals surface area contributed by atoms with Crippen LogP contribution < -0.4 is 5.32 Å². The first kappa shape index (κ1) is 17.4. The molecule has 0 saturated heterocycles. The Morgan fingerprint density at radius 2 is 1.85 bits per heavy atom. The van der Waals surface area contributed by atoms with E-state index in [1.54, 1.807) is 24.3 Å². The topological polar surface area (TPSA) is 85.4 Å². The van der Waals surface area contributed by atoms with Crippen molar-refractivity contribution in [1.82, 2.24) is 5.32 Å². The lowest BCUT2D eigenvalue weighted by Gasteiger charge is -2.04. The van der Waals surface area contributed by atoms with Crippen LogP contribution in [-0.2, 0) is 17.8 Å². The summed E-state index contributed by atoms with van der Waals surface area (Å²) in [7, 11) is 0. The van der Waals surface area contributed by atoms with Crippen LogP contribution in [0.1, 0.15) is 17.7 Å². The van der Waals surface area contributed by atoms with Crippen molar-refractivity contribution in [2.45, 2.75) is 19.4 Å². The van der Waals surface area contributed by atoms with Gasteiger partial charge < -0.3 is 9.73 Å². The molecule has 0 fully saturated rings. The summed E-state index contributed by atoms with van der Waals surface area (Å²) in [5, 5.41) is 13.7. The molecule has 26 heavy (non-hydrogen) atoms. The van der Waals surface area contributed by atoms with Crippen molar-refractivity contribution in [1.29, 1.82) is 0 Å². The van der Waals surface area contributed by atoms with E-state index in [-0.39, 0.29) is 11.6 Å². The van der Waals surface area contributed by atoms with E-state index >= 15 is 0 Å². The number of rotatable bonds is 7. The van der Waals surface area contributed by atoms with Crippen molar-refractivity contribution in [3.63, 3.8) is 0 Å². The van der Waals surface area contributed by atoms with Gasteiger partial charge in [-0.3, -0.25) is 14.9 Å². The van der Waals surface area contributed by atoms with E-state index in [0.29, 0.717) is 36.5 Å². The molecule has 0 aliphatic heterocycles. The highest BCUT2D eigenvalue weighted by molar-refractivity contribution is 5.76. The number of carbonyl (C=O) groups is 1. The molecule has 1 amide bonds. The zero-order valence-electron chi connectivity index (χ0n) is 14.1. The standard InChI is InChI=1S/C20H18N2O4/c23-20(21-14-15-5-2-1-3-6-15)12-10-18-9-11-19(26-18)16-7-4-8-17(13-16)22(24)25/h1-9,11,13H,10,12,14H2,(H,21,23). The molecule has 0 saturated carbocycles. The van der Waals surface area contributed by atoms with Crippen LogP contribution >= 0.6 is 0 Å². The number of non-ortho nitro benzene ring substituents is 1. The molecule has 0 atom stereocenters. The van der Waals surface area contributed by atoms with Crippen molar-refractivity contribution in [2.75, 3.05) is 0 Å². The zero-order valence-corrected chi connectivity index (χ0v) is 14.1. The van der Waals surface area contributed by atoms with Gasteiger partial charge in [-0.2, -0.15) is 0 Å². The van der Waals surface area contributed by atoms with Gasteiger partial charge in [0.25, 0.3) is 5.69 Å². The average molecular weight is 350 g/mol. The smallest absolute Gasteiger partial charge is 0.270 e. The minimum atomic E-state index is -0.440. The largest absolute Gasteiger partial charge is 0.461 e. The first-order valence-corrected chi connectivity index (χ1v) is 8.26. The Balaban J connectivity index is 1.54. The molecule has 6 nitrogen and oxygen atoms in total. The van der Waals surface area contributed by atoms with Gasteiger partial charge in [0.2, 0.25) is 5.91 Å². The monoisotopic (exact) mass is 350 g/mol. The molecular formula is C20H18N2O4. The van der Waals surface area contributed by atoms with Crippen LogP contribution in [0.3, 0.4) is 0 Å². The Labute approximate surface area is 150 Å². The molecule has 3 rings (SSSR count). The van der Waals surface area contributed by atoms with Gasteiger partial charge in [0, 0.05) is 37.1 Å². The van der Waals surface area contributed by atoms with Crippen molar-refractivity contribution in [3.8, 4) is 11.3 Å². The predicted molar refractivity (Wildman–Crippen MR) is 97.4 cm³/mol. The van der Waals surface area contributed by atoms with E-state index in [1.807, 2.05) is 30.3 Å². The molecule has 0 aliphatic rings. The highest BCUT2D eigenvalue weighted by Crippen LogP contribution is 2.26. The Kier molecular flexibility index (Phi) is 5.43. The van der Waals surface area contributed by atoms with E-state index in [9.17, 15) is 14.9 Å². The van der Waals surface area contributed by atoms with Gasteiger partial charge in [-0.15, -0.1) is 0 Å². The van der Waals surface area contributed by atoms with Gasteiger partial charge in [-0.25, -0.2) is 0 Å². The van der Waals surface area contributed by atoms with E-state index in [4.69, 9.17) is 4.42 Å². The van der Waals surface area contributed by atoms with Crippen molar-refractivity contribution in [3.05, 3.63) is 88.2 Å². The first-order valence-electron chi connectivity index (χ1n) is 8.26. The molecule has 0 radical (unpaired) electrons. The Morgan fingerprint density at radius 3 is 2.62 bits per heavy atom. The second-order valence-electron chi connectivity index (χ2n) is 5.84. The Morgan fingerprint density at radius 1 is 1.04 bits per heavy atom. The van der Waals surface area contributed by atoms with Crippen LogP contribution in [0.4, 0.5) is 5.69 Å². The third-order valence-corrected chi connectivity index (χ3v) is 3.93. The quantitative estimate of drug-likeness (QED) is 0.513. The van der Waals surface area contributed by atoms with Crippen LogP contribution in [-0.4, -0.2) is 10.8 Å². The molecule has 132 valence electrons. The summed E-state index contributed by atoms with van der Waals surface area (Å²) >= 11 is 0. The van der Waals surface area contributed by atoms with Crippen LogP contribution in [0.2, 0.25) is 0 Å². The van der Waals surface area contributed by atoms with Crippen LogP contribution in [0.25, 0.3) is 11.3 Å². The van der Waals surface area contributed by atoms with Gasteiger partial charge in [-0.1, -0.05) is 42.5 Å². The molecule has 0 bridgehead atoms. The van der Waals surface area contributed by atoms with Crippen molar-refractivity contribution < 1.29 is 14.1 Å². The molecule has 0 spiro atoms. The summed E-state index contributed by atoms with van der Waals surface area (Å²) in [5.74, 6) is 1.16. The fourth-order valence-corrected chi connectivity index (χ4v) is 2.56. The first-order chi connectivity index (χ1) is 12.6. The number of nitro groups is 1. The fourth-order valence-electron chi connectivity index (χ4n) is 2.56. The van der Waals surface area contributed by atoms with Crippen LogP contribution in [0.5, 0.6) is 0 Å². The number of furan rings is 1. The maximum absolute atomic E-state index is 12.0. The van der Waals surface area contributed by atoms with E-state index in [2.05, 4.69) is 5.32 Å². The SMILES string of the molecule is O=C(CCc1ccc(-c2cccc([N+](=O)[O-])c2)o1)NCc1ccccc1. The summed E-state index contributed by atoms with van der Waals surface area (Å²) in [4.78, 5) is 22.4. The molecule has 6 heteroatoms. The molecule has 0 unspecified atom stereocenters. The number of amides is 1. The lowest BCUT2D eigenvalue weighted by Crippen LogP contribution is -2.22. The average Bonchev–Trinajstić information content (AvgIpc) is 3.15. The van der Waals surface area contributed by atoms with Crippen molar-refractivity contribution in [2.24, 2.45) is 0 Å². The summed E-state index contributed by atoms with van der Waals surface area (Å²) < 4.78 is 5.72. The van der Waals surface area contributed by atoms with Crippen molar-refractivity contribution >= 4 is 11.6 Å². The Hall–Kier alpha value is -3.41. The van der Waals surface area contributed by atoms with E-state index in [1.165, 1.54) is 12.1 Å². The normalized spacial score (nSPS) is 10.5. The summed E-state index contributed by atoms with van der Waals surface area (Å²) in [6.07, 6.45) is 0.782. The maximum atomic E-state index is 12.0. The number of nitrogens with zero attached hydrogens (tertiary/aromatic N) is 1. The highest BCUT2D eigenvalue weighted by Gasteiger charge is 2.11. The van der Waals surface area contributed by atoms with Gasteiger partial charge in [0.1, 0.15) is 11.5 Å². The molecule has 2 aromatic carbocycles. The van der Waals surface area contributed by atoms with Gasteiger partial charge in [-0.05, 0) is 17.7 Å². The lowest BCUT2D eigenvalue weighted by atomic mass is 10.1. The number of aryl methyl sites for hydroxylation is 1. The number of hydrogen-bond donors (Lipinski definition) is 1. The number of nitrogens with one attached hydrogen (secondary N) is 1. The van der Waals surface area contributed by atoms with Gasteiger partial charge in [0.05, 0.1) is 4.92 Å². The molecular weight excluding hydrogens is 332 g/mol. The molecule has 1 heterocycles. The number of carbonyl (C=O) groups excluding carboxylic acids is 1. The minimum Gasteiger partial charge on any atom is -0.461 e. The number of nitro benzene ring substituents is 1.